The molecule has 0 aromatic heterocycles. The average molecular weight is 172 g/mol. The van der Waals surface area contributed by atoms with Crippen molar-refractivity contribution in [2.45, 2.75) is 25.4 Å². The zero-order valence-corrected chi connectivity index (χ0v) is 7.67. The predicted molar refractivity (Wildman–Crippen MR) is 45.8 cm³/mol. The molecule has 1 aliphatic heterocycles. The molecule has 1 unspecified atom stereocenters. The second-order valence-electron chi connectivity index (χ2n) is 3.27. The summed E-state index contributed by atoms with van der Waals surface area (Å²) in [5, 5.41) is 9.82. The van der Waals surface area contributed by atoms with Gasteiger partial charge in [0.2, 0.25) is 0 Å². The van der Waals surface area contributed by atoms with Gasteiger partial charge in [0.15, 0.2) is 0 Å². The third-order valence-electron chi connectivity index (χ3n) is 1.89. The van der Waals surface area contributed by atoms with Crippen LogP contribution in [0, 0.1) is 0 Å². The molecule has 70 valence electrons. The summed E-state index contributed by atoms with van der Waals surface area (Å²) < 4.78 is 10.2. The van der Waals surface area contributed by atoms with Crippen LogP contribution < -0.4 is 0 Å². The third-order valence-corrected chi connectivity index (χ3v) is 1.89. The summed E-state index contributed by atoms with van der Waals surface area (Å²) in [5.74, 6) is 0.649. The Kier molecular flexibility index (Phi) is 3.12. The lowest BCUT2D eigenvalue weighted by Gasteiger charge is -2.27. The van der Waals surface area contributed by atoms with E-state index >= 15 is 0 Å². The van der Waals surface area contributed by atoms with Crippen LogP contribution in [0.5, 0.6) is 0 Å². The summed E-state index contributed by atoms with van der Waals surface area (Å²) in [6.07, 6.45) is 3.95. The van der Waals surface area contributed by atoms with Gasteiger partial charge >= 0.3 is 0 Å². The first-order valence-electron chi connectivity index (χ1n) is 4.21. The van der Waals surface area contributed by atoms with Crippen molar-refractivity contribution < 1.29 is 14.6 Å². The third kappa shape index (κ3) is 2.22. The first kappa shape index (κ1) is 9.55. The highest BCUT2D eigenvalue weighted by Gasteiger charge is 2.28. The Morgan fingerprint density at radius 3 is 3.00 bits per heavy atom. The van der Waals surface area contributed by atoms with Gasteiger partial charge in [-0.3, -0.25) is 0 Å². The lowest BCUT2D eigenvalue weighted by molar-refractivity contribution is -0.0348. The van der Waals surface area contributed by atoms with Gasteiger partial charge in [-0.05, 0) is 25.8 Å². The Morgan fingerprint density at radius 2 is 2.50 bits per heavy atom. The Hall–Kier alpha value is -0.540. The highest BCUT2D eigenvalue weighted by Crippen LogP contribution is 2.22. The van der Waals surface area contributed by atoms with Crippen LogP contribution in [-0.4, -0.2) is 31.0 Å². The Bertz CT molecular complexity index is 173. The summed E-state index contributed by atoms with van der Waals surface area (Å²) in [4.78, 5) is 0. The van der Waals surface area contributed by atoms with Gasteiger partial charge in [-0.2, -0.15) is 0 Å². The smallest absolute Gasteiger partial charge is 0.141 e. The minimum absolute atomic E-state index is 0.277. The van der Waals surface area contributed by atoms with E-state index in [2.05, 4.69) is 0 Å². The van der Waals surface area contributed by atoms with Crippen LogP contribution in [-0.2, 0) is 9.47 Å². The number of ether oxygens (including phenoxy) is 2. The standard InChI is InChI=1S/C9H16O3/c1-9(10,7-11-2)8-5-3-4-6-12-8/h5,10H,3-4,6-7H2,1-2H3. The predicted octanol–water partition coefficient (Wildman–Crippen LogP) is 1.08. The molecule has 0 aromatic rings. The fourth-order valence-electron chi connectivity index (χ4n) is 1.29. The zero-order valence-electron chi connectivity index (χ0n) is 7.67. The Balaban J connectivity index is 2.59. The van der Waals surface area contributed by atoms with E-state index in [1.165, 1.54) is 0 Å². The quantitative estimate of drug-likeness (QED) is 0.692. The van der Waals surface area contributed by atoms with Crippen LogP contribution in [0.2, 0.25) is 0 Å². The van der Waals surface area contributed by atoms with Gasteiger partial charge in [-0.15, -0.1) is 0 Å². The fraction of sp³-hybridized carbons (Fsp3) is 0.778. The molecule has 0 saturated carbocycles. The molecule has 0 aliphatic carbocycles. The van der Waals surface area contributed by atoms with E-state index in [1.54, 1.807) is 14.0 Å². The highest BCUT2D eigenvalue weighted by atomic mass is 16.5. The summed E-state index contributed by atoms with van der Waals surface area (Å²) in [6.45, 7) is 2.68. The monoisotopic (exact) mass is 172 g/mol. The molecule has 3 nitrogen and oxygen atoms in total. The lowest BCUT2D eigenvalue weighted by atomic mass is 10.0. The maximum Gasteiger partial charge on any atom is 0.141 e. The van der Waals surface area contributed by atoms with Crippen molar-refractivity contribution in [2.75, 3.05) is 20.3 Å². The normalized spacial score (nSPS) is 22.4. The highest BCUT2D eigenvalue weighted by molar-refractivity contribution is 5.09. The number of hydrogen-bond donors (Lipinski definition) is 1. The largest absolute Gasteiger partial charge is 0.495 e. The van der Waals surface area contributed by atoms with Crippen LogP contribution in [0.1, 0.15) is 19.8 Å². The lowest BCUT2D eigenvalue weighted by Crippen LogP contribution is -2.34. The maximum atomic E-state index is 9.82. The van der Waals surface area contributed by atoms with E-state index in [-0.39, 0.29) is 6.61 Å². The van der Waals surface area contributed by atoms with E-state index < -0.39 is 5.60 Å². The van der Waals surface area contributed by atoms with Crippen LogP contribution in [0.25, 0.3) is 0 Å². The molecule has 0 bridgehead atoms. The molecule has 0 aromatic carbocycles. The molecule has 0 spiro atoms. The van der Waals surface area contributed by atoms with Crippen molar-refractivity contribution in [3.05, 3.63) is 11.8 Å². The topological polar surface area (TPSA) is 38.7 Å². The van der Waals surface area contributed by atoms with Crippen molar-refractivity contribution in [3.8, 4) is 0 Å². The molecule has 0 saturated heterocycles. The number of rotatable bonds is 3. The maximum absolute atomic E-state index is 9.82. The van der Waals surface area contributed by atoms with E-state index in [0.717, 1.165) is 12.8 Å². The summed E-state index contributed by atoms with van der Waals surface area (Å²) >= 11 is 0. The van der Waals surface area contributed by atoms with Crippen molar-refractivity contribution in [1.29, 1.82) is 0 Å². The molecular formula is C9H16O3. The van der Waals surface area contributed by atoms with Gasteiger partial charge in [-0.25, -0.2) is 0 Å². The number of allylic oxidation sites excluding steroid dienone is 1. The molecule has 1 atom stereocenters. The van der Waals surface area contributed by atoms with E-state index in [0.29, 0.717) is 12.4 Å². The second-order valence-corrected chi connectivity index (χ2v) is 3.27. The minimum Gasteiger partial charge on any atom is -0.495 e. The van der Waals surface area contributed by atoms with Gasteiger partial charge in [-0.1, -0.05) is 0 Å². The van der Waals surface area contributed by atoms with E-state index in [9.17, 15) is 5.11 Å². The summed E-state index contributed by atoms with van der Waals surface area (Å²) in [5.41, 5.74) is -0.963. The first-order valence-corrected chi connectivity index (χ1v) is 4.21. The minimum atomic E-state index is -0.963. The molecule has 0 radical (unpaired) electrons. The van der Waals surface area contributed by atoms with Crippen molar-refractivity contribution in [2.24, 2.45) is 0 Å². The van der Waals surface area contributed by atoms with Crippen molar-refractivity contribution in [3.63, 3.8) is 0 Å². The van der Waals surface area contributed by atoms with Crippen LogP contribution in [0.15, 0.2) is 11.8 Å². The van der Waals surface area contributed by atoms with Crippen LogP contribution >= 0.6 is 0 Å². The van der Waals surface area contributed by atoms with Crippen LogP contribution in [0.4, 0.5) is 0 Å². The Morgan fingerprint density at radius 1 is 1.75 bits per heavy atom. The first-order chi connectivity index (χ1) is 5.67. The molecule has 12 heavy (non-hydrogen) atoms. The molecule has 1 aliphatic rings. The van der Waals surface area contributed by atoms with E-state index in [1.807, 2.05) is 6.08 Å². The fourth-order valence-corrected chi connectivity index (χ4v) is 1.29. The van der Waals surface area contributed by atoms with Crippen molar-refractivity contribution >= 4 is 0 Å². The molecule has 1 N–H and O–H groups in total. The molecule has 3 heteroatoms. The van der Waals surface area contributed by atoms with Crippen LogP contribution in [0.3, 0.4) is 0 Å². The zero-order chi connectivity index (χ0) is 9.03. The molecule has 1 rings (SSSR count). The second kappa shape index (κ2) is 3.92. The van der Waals surface area contributed by atoms with Gasteiger partial charge < -0.3 is 14.6 Å². The summed E-state index contributed by atoms with van der Waals surface area (Å²) in [7, 11) is 1.57. The van der Waals surface area contributed by atoms with Gasteiger partial charge in [0.1, 0.15) is 11.4 Å². The SMILES string of the molecule is COCC(C)(O)C1=CCCCO1. The van der Waals surface area contributed by atoms with Crippen molar-refractivity contribution in [1.82, 2.24) is 0 Å². The number of methoxy groups -OCH3 is 1. The number of hydrogen-bond acceptors (Lipinski definition) is 3. The Labute approximate surface area is 73.0 Å². The van der Waals surface area contributed by atoms with Gasteiger partial charge in [0.05, 0.1) is 13.2 Å². The average Bonchev–Trinajstić information content (AvgIpc) is 2.06. The molecular weight excluding hydrogens is 156 g/mol. The number of aliphatic hydroxyl groups is 1. The summed E-state index contributed by atoms with van der Waals surface area (Å²) in [6, 6.07) is 0. The van der Waals surface area contributed by atoms with Gasteiger partial charge in [0.25, 0.3) is 0 Å². The molecule has 0 fully saturated rings. The molecule has 0 amide bonds. The van der Waals surface area contributed by atoms with Gasteiger partial charge in [0, 0.05) is 7.11 Å². The van der Waals surface area contributed by atoms with E-state index in [4.69, 9.17) is 9.47 Å². The molecule has 1 heterocycles.